The van der Waals surface area contributed by atoms with Crippen LogP contribution in [0.3, 0.4) is 0 Å². The van der Waals surface area contributed by atoms with Crippen molar-refractivity contribution in [3.63, 3.8) is 0 Å². The highest BCUT2D eigenvalue weighted by Gasteiger charge is 1.89. The second-order valence-corrected chi connectivity index (χ2v) is 3.30. The predicted molar refractivity (Wildman–Crippen MR) is 59.3 cm³/mol. The van der Waals surface area contributed by atoms with Crippen molar-refractivity contribution >= 4 is 6.29 Å². The fourth-order valence-electron chi connectivity index (χ4n) is 1.14. The van der Waals surface area contributed by atoms with Crippen molar-refractivity contribution in [2.45, 2.75) is 25.7 Å². The van der Waals surface area contributed by atoms with Gasteiger partial charge in [0.1, 0.15) is 6.29 Å². The van der Waals surface area contributed by atoms with Crippen LogP contribution in [0, 0.1) is 0 Å². The van der Waals surface area contributed by atoms with Crippen molar-refractivity contribution in [2.24, 2.45) is 5.73 Å². The van der Waals surface area contributed by atoms with E-state index in [4.69, 9.17) is 5.73 Å². The minimum Gasteiger partial charge on any atom is -0.330 e. The van der Waals surface area contributed by atoms with Crippen molar-refractivity contribution in [1.82, 2.24) is 10.6 Å². The van der Waals surface area contributed by atoms with Gasteiger partial charge in [-0.1, -0.05) is 0 Å². The summed E-state index contributed by atoms with van der Waals surface area (Å²) in [6.45, 7) is 4.67. The van der Waals surface area contributed by atoms with Gasteiger partial charge < -0.3 is 21.2 Å². The highest BCUT2D eigenvalue weighted by Crippen LogP contribution is 1.84. The zero-order chi connectivity index (χ0) is 10.5. The molecule has 0 fully saturated rings. The molecule has 0 heterocycles. The fraction of sp³-hybridized carbons (Fsp3) is 0.900. The van der Waals surface area contributed by atoms with Crippen molar-refractivity contribution in [3.8, 4) is 0 Å². The summed E-state index contributed by atoms with van der Waals surface area (Å²) >= 11 is 0. The SMILES string of the molecule is NCCCNCCCCNCCC=O. The van der Waals surface area contributed by atoms with E-state index in [1.807, 2.05) is 0 Å². The lowest BCUT2D eigenvalue weighted by Crippen LogP contribution is -2.21. The maximum atomic E-state index is 9.98. The second-order valence-electron chi connectivity index (χ2n) is 3.30. The Labute approximate surface area is 86.6 Å². The molecule has 84 valence electrons. The molecule has 0 atom stereocenters. The minimum absolute atomic E-state index is 0.620. The van der Waals surface area contributed by atoms with Gasteiger partial charge >= 0.3 is 0 Å². The molecule has 0 saturated heterocycles. The Morgan fingerprint density at radius 3 is 2.07 bits per heavy atom. The molecule has 0 aliphatic carbocycles. The zero-order valence-corrected chi connectivity index (χ0v) is 8.93. The van der Waals surface area contributed by atoms with Crippen LogP contribution in [0.2, 0.25) is 0 Å². The topological polar surface area (TPSA) is 67.2 Å². The first-order valence-electron chi connectivity index (χ1n) is 5.47. The normalized spacial score (nSPS) is 10.4. The van der Waals surface area contributed by atoms with Crippen LogP contribution in [0.4, 0.5) is 0 Å². The van der Waals surface area contributed by atoms with Crippen LogP contribution in [0.5, 0.6) is 0 Å². The summed E-state index contributed by atoms with van der Waals surface area (Å²) in [7, 11) is 0. The van der Waals surface area contributed by atoms with Gasteiger partial charge in [0.2, 0.25) is 0 Å². The molecule has 0 saturated carbocycles. The molecule has 0 aromatic carbocycles. The lowest BCUT2D eigenvalue weighted by molar-refractivity contribution is -0.107. The van der Waals surface area contributed by atoms with E-state index in [1.165, 1.54) is 6.42 Å². The van der Waals surface area contributed by atoms with E-state index in [2.05, 4.69) is 10.6 Å². The average Bonchev–Trinajstić information content (AvgIpc) is 2.21. The first-order valence-corrected chi connectivity index (χ1v) is 5.47. The van der Waals surface area contributed by atoms with Crippen LogP contribution in [-0.2, 0) is 4.79 Å². The molecule has 0 unspecified atom stereocenters. The van der Waals surface area contributed by atoms with Gasteiger partial charge in [0.05, 0.1) is 0 Å². The summed E-state index contributed by atoms with van der Waals surface area (Å²) in [4.78, 5) is 9.98. The molecule has 0 bridgehead atoms. The number of carbonyl (C=O) groups is 1. The van der Waals surface area contributed by atoms with E-state index in [9.17, 15) is 4.79 Å². The predicted octanol–water partition coefficient (Wildman–Crippen LogP) is -0.116. The van der Waals surface area contributed by atoms with E-state index >= 15 is 0 Å². The zero-order valence-electron chi connectivity index (χ0n) is 8.93. The Morgan fingerprint density at radius 1 is 0.929 bits per heavy atom. The third-order valence-corrected chi connectivity index (χ3v) is 1.95. The number of nitrogens with two attached hydrogens (primary N) is 1. The summed E-state index contributed by atoms with van der Waals surface area (Å²) in [5.41, 5.74) is 5.36. The first-order chi connectivity index (χ1) is 6.91. The molecule has 0 rings (SSSR count). The van der Waals surface area contributed by atoms with Gasteiger partial charge in [-0.3, -0.25) is 0 Å². The summed E-state index contributed by atoms with van der Waals surface area (Å²) in [6.07, 6.45) is 4.96. The quantitative estimate of drug-likeness (QED) is 0.322. The number of aldehydes is 1. The van der Waals surface area contributed by atoms with Gasteiger partial charge in [-0.05, 0) is 45.4 Å². The summed E-state index contributed by atoms with van der Waals surface area (Å²) < 4.78 is 0. The fourth-order valence-corrected chi connectivity index (χ4v) is 1.14. The Balaban J connectivity index is 2.81. The highest BCUT2D eigenvalue weighted by atomic mass is 16.1. The van der Waals surface area contributed by atoms with Crippen LogP contribution in [0.1, 0.15) is 25.7 Å². The van der Waals surface area contributed by atoms with Crippen LogP contribution in [-0.4, -0.2) is 39.0 Å². The molecule has 0 aliphatic heterocycles. The van der Waals surface area contributed by atoms with Gasteiger partial charge in [-0.2, -0.15) is 0 Å². The van der Waals surface area contributed by atoms with E-state index in [0.717, 1.165) is 51.9 Å². The van der Waals surface area contributed by atoms with Gasteiger partial charge in [-0.25, -0.2) is 0 Å². The average molecular weight is 201 g/mol. The number of hydrogen-bond acceptors (Lipinski definition) is 4. The molecule has 0 radical (unpaired) electrons. The van der Waals surface area contributed by atoms with Crippen molar-refractivity contribution in [2.75, 3.05) is 32.7 Å². The van der Waals surface area contributed by atoms with Crippen LogP contribution >= 0.6 is 0 Å². The number of hydrogen-bond donors (Lipinski definition) is 3. The second kappa shape index (κ2) is 12.6. The Hall–Kier alpha value is -0.450. The van der Waals surface area contributed by atoms with E-state index in [0.29, 0.717) is 6.42 Å². The maximum Gasteiger partial charge on any atom is 0.121 e. The highest BCUT2D eigenvalue weighted by molar-refractivity contribution is 5.49. The lowest BCUT2D eigenvalue weighted by atomic mass is 10.3. The summed E-state index contributed by atoms with van der Waals surface area (Å²) in [5, 5.41) is 6.53. The van der Waals surface area contributed by atoms with Crippen molar-refractivity contribution < 1.29 is 4.79 Å². The van der Waals surface area contributed by atoms with Gasteiger partial charge in [0, 0.05) is 13.0 Å². The van der Waals surface area contributed by atoms with E-state index in [1.54, 1.807) is 0 Å². The van der Waals surface area contributed by atoms with Crippen molar-refractivity contribution in [1.29, 1.82) is 0 Å². The Kier molecular flexibility index (Phi) is 12.1. The number of rotatable bonds is 11. The number of carbonyl (C=O) groups excluding carboxylic acids is 1. The van der Waals surface area contributed by atoms with E-state index < -0.39 is 0 Å². The van der Waals surface area contributed by atoms with Crippen LogP contribution < -0.4 is 16.4 Å². The number of nitrogens with one attached hydrogen (secondary N) is 2. The van der Waals surface area contributed by atoms with Crippen LogP contribution in [0.25, 0.3) is 0 Å². The molecule has 4 nitrogen and oxygen atoms in total. The first kappa shape index (κ1) is 13.5. The molecule has 4 heteroatoms. The third kappa shape index (κ3) is 11.6. The largest absolute Gasteiger partial charge is 0.330 e. The maximum absolute atomic E-state index is 9.98. The molecule has 0 aromatic heterocycles. The van der Waals surface area contributed by atoms with Gasteiger partial charge in [0.25, 0.3) is 0 Å². The molecular weight excluding hydrogens is 178 g/mol. The van der Waals surface area contributed by atoms with Gasteiger partial charge in [0.15, 0.2) is 0 Å². The molecule has 0 spiro atoms. The Bertz CT molecular complexity index is 120. The molecule has 0 aliphatic rings. The van der Waals surface area contributed by atoms with E-state index in [-0.39, 0.29) is 0 Å². The molecule has 4 N–H and O–H groups in total. The lowest BCUT2D eigenvalue weighted by Gasteiger charge is -2.04. The van der Waals surface area contributed by atoms with Gasteiger partial charge in [-0.15, -0.1) is 0 Å². The standard InChI is InChI=1S/C10H23N3O/c11-5-3-8-12-6-1-2-7-13-9-4-10-14/h10,12-13H,1-9,11H2. The third-order valence-electron chi connectivity index (χ3n) is 1.95. The smallest absolute Gasteiger partial charge is 0.121 e. The molecule has 0 aromatic rings. The molecule has 0 amide bonds. The molecule has 14 heavy (non-hydrogen) atoms. The Morgan fingerprint density at radius 2 is 1.50 bits per heavy atom. The number of unbranched alkanes of at least 4 members (excludes halogenated alkanes) is 1. The molecular formula is C10H23N3O. The summed E-state index contributed by atoms with van der Waals surface area (Å²) in [6, 6.07) is 0. The summed E-state index contributed by atoms with van der Waals surface area (Å²) in [5.74, 6) is 0. The minimum atomic E-state index is 0.620. The van der Waals surface area contributed by atoms with Crippen molar-refractivity contribution in [3.05, 3.63) is 0 Å². The monoisotopic (exact) mass is 201 g/mol. The van der Waals surface area contributed by atoms with Crippen LogP contribution in [0.15, 0.2) is 0 Å².